The van der Waals surface area contributed by atoms with Gasteiger partial charge in [0.25, 0.3) is 0 Å². The molecule has 5 heteroatoms. The van der Waals surface area contributed by atoms with Crippen molar-refractivity contribution in [2.24, 2.45) is 0 Å². The quantitative estimate of drug-likeness (QED) is 0.791. The van der Waals surface area contributed by atoms with Crippen molar-refractivity contribution in [2.75, 3.05) is 7.11 Å². The molecule has 2 aromatic rings. The van der Waals surface area contributed by atoms with Crippen LogP contribution in [0.1, 0.15) is 16.1 Å². The number of pyridine rings is 1. The summed E-state index contributed by atoms with van der Waals surface area (Å²) < 4.78 is 4.56. The first-order valence-corrected chi connectivity index (χ1v) is 5.32. The van der Waals surface area contributed by atoms with Crippen LogP contribution in [0.25, 0.3) is 10.9 Å². The van der Waals surface area contributed by atoms with Gasteiger partial charge in [0.15, 0.2) is 5.43 Å². The standard InChI is InChI=1S/C12H10ClNO3/c1-6-3-7(13)11-8(4-6)14-9(5-10(11)15)12(16)17-2/h3-5H,1-2H3,(H,14,15). The SMILES string of the molecule is COC(=O)c1cc(=O)c2c(Cl)cc(C)cc2[nH]1. The first kappa shape index (κ1) is 11.7. The molecule has 0 aliphatic carbocycles. The van der Waals surface area contributed by atoms with Gasteiger partial charge < -0.3 is 9.72 Å². The van der Waals surface area contributed by atoms with E-state index in [1.54, 1.807) is 12.1 Å². The highest BCUT2D eigenvalue weighted by Gasteiger charge is 2.11. The van der Waals surface area contributed by atoms with E-state index in [9.17, 15) is 9.59 Å². The van der Waals surface area contributed by atoms with Gasteiger partial charge in [-0.05, 0) is 24.6 Å². The number of carbonyl (C=O) groups excluding carboxylic acids is 1. The molecule has 0 unspecified atom stereocenters. The number of carbonyl (C=O) groups is 1. The molecule has 0 aliphatic heterocycles. The van der Waals surface area contributed by atoms with Crippen LogP contribution in [0.4, 0.5) is 0 Å². The fourth-order valence-corrected chi connectivity index (χ4v) is 2.06. The van der Waals surface area contributed by atoms with E-state index in [4.69, 9.17) is 11.6 Å². The summed E-state index contributed by atoms with van der Waals surface area (Å²) in [6, 6.07) is 4.65. The average molecular weight is 252 g/mol. The molecule has 17 heavy (non-hydrogen) atoms. The molecule has 0 fully saturated rings. The zero-order chi connectivity index (χ0) is 12.6. The third-order valence-electron chi connectivity index (χ3n) is 2.43. The minimum atomic E-state index is -0.582. The number of nitrogens with one attached hydrogen (secondary N) is 1. The number of esters is 1. The molecule has 2 rings (SSSR count). The van der Waals surface area contributed by atoms with E-state index in [1.165, 1.54) is 13.2 Å². The normalized spacial score (nSPS) is 10.5. The first-order valence-electron chi connectivity index (χ1n) is 4.94. The maximum atomic E-state index is 11.8. The Morgan fingerprint density at radius 1 is 1.35 bits per heavy atom. The van der Waals surface area contributed by atoms with Crippen molar-refractivity contribution in [1.82, 2.24) is 4.98 Å². The van der Waals surface area contributed by atoms with Gasteiger partial charge in [-0.3, -0.25) is 4.79 Å². The van der Waals surface area contributed by atoms with Crippen LogP contribution < -0.4 is 5.43 Å². The van der Waals surface area contributed by atoms with Gasteiger partial charge >= 0.3 is 5.97 Å². The molecule has 0 spiro atoms. The average Bonchev–Trinajstić information content (AvgIpc) is 2.26. The number of methoxy groups -OCH3 is 1. The molecule has 1 heterocycles. The predicted octanol–water partition coefficient (Wildman–Crippen LogP) is 2.28. The summed E-state index contributed by atoms with van der Waals surface area (Å²) in [5.41, 5.74) is 1.25. The van der Waals surface area contributed by atoms with Gasteiger partial charge in [0, 0.05) is 6.07 Å². The molecular weight excluding hydrogens is 242 g/mol. The Kier molecular flexibility index (Phi) is 2.90. The minimum Gasteiger partial charge on any atom is -0.464 e. The van der Waals surface area contributed by atoms with Crippen LogP contribution in [0, 0.1) is 6.92 Å². The summed E-state index contributed by atoms with van der Waals surface area (Å²) in [6.07, 6.45) is 0. The number of benzene rings is 1. The van der Waals surface area contributed by atoms with Crippen molar-refractivity contribution in [2.45, 2.75) is 6.92 Å². The number of aryl methyl sites for hydroxylation is 1. The molecular formula is C12H10ClNO3. The molecule has 1 aromatic carbocycles. The van der Waals surface area contributed by atoms with E-state index in [0.717, 1.165) is 5.56 Å². The monoisotopic (exact) mass is 251 g/mol. The second-order valence-corrected chi connectivity index (χ2v) is 4.12. The third-order valence-corrected chi connectivity index (χ3v) is 2.73. The number of rotatable bonds is 1. The summed E-state index contributed by atoms with van der Waals surface area (Å²) in [5.74, 6) is -0.582. The Balaban J connectivity index is 2.82. The lowest BCUT2D eigenvalue weighted by molar-refractivity contribution is 0.0594. The molecule has 0 bridgehead atoms. The number of aromatic amines is 1. The molecule has 0 amide bonds. The molecule has 88 valence electrons. The van der Waals surface area contributed by atoms with Gasteiger partial charge in [-0.2, -0.15) is 0 Å². The van der Waals surface area contributed by atoms with Gasteiger partial charge in [0.05, 0.1) is 23.0 Å². The summed E-state index contributed by atoms with van der Waals surface area (Å²) in [6.45, 7) is 1.86. The van der Waals surface area contributed by atoms with E-state index in [1.807, 2.05) is 6.92 Å². The summed E-state index contributed by atoms with van der Waals surface area (Å²) in [4.78, 5) is 26.0. The van der Waals surface area contributed by atoms with Gasteiger partial charge in [-0.1, -0.05) is 11.6 Å². The molecule has 0 saturated heterocycles. The van der Waals surface area contributed by atoms with Crippen LogP contribution in [-0.4, -0.2) is 18.1 Å². The minimum absolute atomic E-state index is 0.117. The number of hydrogen-bond donors (Lipinski definition) is 1. The molecule has 0 aliphatic rings. The zero-order valence-electron chi connectivity index (χ0n) is 9.33. The van der Waals surface area contributed by atoms with Crippen LogP contribution in [-0.2, 0) is 4.74 Å². The first-order chi connectivity index (χ1) is 8.02. The largest absolute Gasteiger partial charge is 0.464 e. The highest BCUT2D eigenvalue weighted by Crippen LogP contribution is 2.21. The Morgan fingerprint density at radius 2 is 2.06 bits per heavy atom. The Hall–Kier alpha value is -1.81. The van der Waals surface area contributed by atoms with Crippen LogP contribution in [0.2, 0.25) is 5.02 Å². The van der Waals surface area contributed by atoms with Gasteiger partial charge in [0.1, 0.15) is 5.69 Å². The van der Waals surface area contributed by atoms with E-state index in [2.05, 4.69) is 9.72 Å². The zero-order valence-corrected chi connectivity index (χ0v) is 10.1. The highest BCUT2D eigenvalue weighted by molar-refractivity contribution is 6.35. The fraction of sp³-hybridized carbons (Fsp3) is 0.167. The second kappa shape index (κ2) is 4.22. The van der Waals surface area contributed by atoms with Gasteiger partial charge in [-0.15, -0.1) is 0 Å². The Labute approximate surface area is 102 Å². The lowest BCUT2D eigenvalue weighted by atomic mass is 10.1. The smallest absolute Gasteiger partial charge is 0.354 e. The summed E-state index contributed by atoms with van der Waals surface area (Å²) in [5, 5.41) is 0.752. The van der Waals surface area contributed by atoms with Gasteiger partial charge in [-0.25, -0.2) is 4.79 Å². The lowest BCUT2D eigenvalue weighted by Gasteiger charge is -2.05. The van der Waals surface area contributed by atoms with E-state index >= 15 is 0 Å². The van der Waals surface area contributed by atoms with Gasteiger partial charge in [0.2, 0.25) is 0 Å². The maximum absolute atomic E-state index is 11.8. The molecule has 0 radical (unpaired) electrons. The molecule has 4 nitrogen and oxygen atoms in total. The Morgan fingerprint density at radius 3 is 2.71 bits per heavy atom. The van der Waals surface area contributed by atoms with E-state index < -0.39 is 5.97 Å². The van der Waals surface area contributed by atoms with Crippen molar-refractivity contribution in [1.29, 1.82) is 0 Å². The molecule has 0 saturated carbocycles. The Bertz CT molecular complexity index is 661. The summed E-state index contributed by atoms with van der Waals surface area (Å²) in [7, 11) is 1.26. The third kappa shape index (κ3) is 2.03. The van der Waals surface area contributed by atoms with Crippen molar-refractivity contribution in [3.63, 3.8) is 0 Å². The van der Waals surface area contributed by atoms with Crippen molar-refractivity contribution in [3.8, 4) is 0 Å². The highest BCUT2D eigenvalue weighted by atomic mass is 35.5. The van der Waals surface area contributed by atoms with Crippen LogP contribution in [0.15, 0.2) is 23.0 Å². The number of ether oxygens (including phenoxy) is 1. The second-order valence-electron chi connectivity index (χ2n) is 3.71. The van der Waals surface area contributed by atoms with E-state index in [-0.39, 0.29) is 11.1 Å². The maximum Gasteiger partial charge on any atom is 0.354 e. The molecule has 1 aromatic heterocycles. The predicted molar refractivity (Wildman–Crippen MR) is 65.7 cm³/mol. The lowest BCUT2D eigenvalue weighted by Crippen LogP contribution is -2.11. The van der Waals surface area contributed by atoms with E-state index in [0.29, 0.717) is 15.9 Å². The number of fused-ring (bicyclic) bond motifs is 1. The molecule has 0 atom stereocenters. The fourth-order valence-electron chi connectivity index (χ4n) is 1.70. The van der Waals surface area contributed by atoms with Crippen molar-refractivity contribution in [3.05, 3.63) is 44.7 Å². The van der Waals surface area contributed by atoms with Crippen LogP contribution >= 0.6 is 11.6 Å². The topological polar surface area (TPSA) is 59.2 Å². The van der Waals surface area contributed by atoms with Crippen molar-refractivity contribution < 1.29 is 9.53 Å². The molecule has 1 N–H and O–H groups in total. The number of aromatic nitrogens is 1. The number of H-pyrrole nitrogens is 1. The van der Waals surface area contributed by atoms with Crippen LogP contribution in [0.5, 0.6) is 0 Å². The van der Waals surface area contributed by atoms with Crippen LogP contribution in [0.3, 0.4) is 0 Å². The number of hydrogen-bond acceptors (Lipinski definition) is 3. The van der Waals surface area contributed by atoms with Crippen molar-refractivity contribution >= 4 is 28.5 Å². The summed E-state index contributed by atoms with van der Waals surface area (Å²) >= 11 is 6.00. The number of halogens is 1.